The Morgan fingerprint density at radius 2 is 2.47 bits per heavy atom. The Hall–Kier alpha value is -1.10. The second-order valence-corrected chi connectivity index (χ2v) is 5.71. The van der Waals surface area contributed by atoms with E-state index in [2.05, 4.69) is 17.2 Å². The third kappa shape index (κ3) is 3.19. The lowest BCUT2D eigenvalue weighted by Crippen LogP contribution is -2.21. The second-order valence-electron chi connectivity index (χ2n) is 4.85. The quantitative estimate of drug-likeness (QED) is 0.866. The third-order valence-electron chi connectivity index (χ3n) is 3.37. The average Bonchev–Trinajstić information content (AvgIpc) is 2.74. The SMILES string of the molecule is CC1CCCC(CNc2scnc2C(=O)O)C1. The fraction of sp³-hybridized carbons (Fsp3) is 0.667. The van der Waals surface area contributed by atoms with Gasteiger partial charge in [-0.15, -0.1) is 11.3 Å². The molecule has 0 amide bonds. The number of carbonyl (C=O) groups is 1. The van der Waals surface area contributed by atoms with Crippen molar-refractivity contribution in [2.45, 2.75) is 32.6 Å². The number of rotatable bonds is 4. The maximum Gasteiger partial charge on any atom is 0.357 e. The summed E-state index contributed by atoms with van der Waals surface area (Å²) in [6.07, 6.45) is 5.12. The number of aromatic nitrogens is 1. The number of aromatic carboxylic acids is 1. The van der Waals surface area contributed by atoms with Crippen LogP contribution in [0.4, 0.5) is 5.00 Å². The van der Waals surface area contributed by atoms with E-state index in [1.165, 1.54) is 37.0 Å². The number of carboxylic acid groups (broad SMARTS) is 1. The first-order chi connectivity index (χ1) is 8.16. The van der Waals surface area contributed by atoms with Gasteiger partial charge in [-0.05, 0) is 24.7 Å². The first-order valence-corrected chi connectivity index (χ1v) is 6.95. The molecule has 2 rings (SSSR count). The van der Waals surface area contributed by atoms with Crippen molar-refractivity contribution in [2.24, 2.45) is 11.8 Å². The third-order valence-corrected chi connectivity index (χ3v) is 4.15. The summed E-state index contributed by atoms with van der Waals surface area (Å²) in [5, 5.41) is 12.9. The van der Waals surface area contributed by atoms with Gasteiger partial charge in [0.2, 0.25) is 0 Å². The average molecular weight is 254 g/mol. The van der Waals surface area contributed by atoms with Crippen molar-refractivity contribution in [3.8, 4) is 0 Å². The van der Waals surface area contributed by atoms with Crippen LogP contribution in [0.3, 0.4) is 0 Å². The fourth-order valence-corrected chi connectivity index (χ4v) is 3.19. The van der Waals surface area contributed by atoms with E-state index in [1.54, 1.807) is 5.51 Å². The van der Waals surface area contributed by atoms with E-state index in [4.69, 9.17) is 5.11 Å². The minimum Gasteiger partial charge on any atom is -0.476 e. The van der Waals surface area contributed by atoms with Crippen LogP contribution in [-0.4, -0.2) is 22.6 Å². The van der Waals surface area contributed by atoms with Gasteiger partial charge in [0, 0.05) is 6.54 Å². The molecule has 0 bridgehead atoms. The van der Waals surface area contributed by atoms with Crippen molar-refractivity contribution in [3.63, 3.8) is 0 Å². The summed E-state index contributed by atoms with van der Waals surface area (Å²) in [4.78, 5) is 14.7. The maximum atomic E-state index is 10.9. The normalized spacial score (nSPS) is 24.5. The lowest BCUT2D eigenvalue weighted by atomic mass is 9.82. The summed E-state index contributed by atoms with van der Waals surface area (Å²) in [6, 6.07) is 0. The van der Waals surface area contributed by atoms with Crippen LogP contribution < -0.4 is 5.32 Å². The molecule has 17 heavy (non-hydrogen) atoms. The Bertz CT molecular complexity index is 392. The number of thiazole rings is 1. The molecule has 2 N–H and O–H groups in total. The summed E-state index contributed by atoms with van der Waals surface area (Å²) < 4.78 is 0. The number of nitrogens with zero attached hydrogens (tertiary/aromatic N) is 1. The molecule has 0 aliphatic heterocycles. The Morgan fingerprint density at radius 3 is 3.18 bits per heavy atom. The van der Waals surface area contributed by atoms with Gasteiger partial charge in [0.25, 0.3) is 0 Å². The van der Waals surface area contributed by atoms with Crippen molar-refractivity contribution in [1.82, 2.24) is 4.98 Å². The summed E-state index contributed by atoms with van der Waals surface area (Å²) in [6.45, 7) is 3.16. The highest BCUT2D eigenvalue weighted by atomic mass is 32.1. The molecular weight excluding hydrogens is 236 g/mol. The van der Waals surface area contributed by atoms with E-state index >= 15 is 0 Å². The van der Waals surface area contributed by atoms with Crippen LogP contribution in [0.5, 0.6) is 0 Å². The molecule has 1 saturated carbocycles. The monoisotopic (exact) mass is 254 g/mol. The Balaban J connectivity index is 1.89. The van der Waals surface area contributed by atoms with Crippen LogP contribution in [0.1, 0.15) is 43.1 Å². The van der Waals surface area contributed by atoms with Crippen LogP contribution in [0, 0.1) is 11.8 Å². The summed E-state index contributed by atoms with van der Waals surface area (Å²) >= 11 is 1.36. The molecule has 2 atom stereocenters. The van der Waals surface area contributed by atoms with E-state index in [0.29, 0.717) is 10.9 Å². The lowest BCUT2D eigenvalue weighted by molar-refractivity contribution is 0.0692. The molecule has 1 aromatic heterocycles. The molecule has 1 aliphatic rings. The number of anilines is 1. The van der Waals surface area contributed by atoms with Gasteiger partial charge in [0.15, 0.2) is 5.69 Å². The zero-order valence-corrected chi connectivity index (χ0v) is 10.8. The predicted molar refractivity (Wildman–Crippen MR) is 68.7 cm³/mol. The summed E-state index contributed by atoms with van der Waals surface area (Å²) in [7, 11) is 0. The minimum absolute atomic E-state index is 0.152. The smallest absolute Gasteiger partial charge is 0.357 e. The highest BCUT2D eigenvalue weighted by Crippen LogP contribution is 2.29. The molecule has 5 heteroatoms. The van der Waals surface area contributed by atoms with Crippen LogP contribution in [0.15, 0.2) is 5.51 Å². The molecule has 1 fully saturated rings. The number of hydrogen-bond donors (Lipinski definition) is 2. The first kappa shape index (κ1) is 12.4. The van der Waals surface area contributed by atoms with Gasteiger partial charge in [-0.1, -0.05) is 19.8 Å². The van der Waals surface area contributed by atoms with Gasteiger partial charge >= 0.3 is 5.97 Å². The van der Waals surface area contributed by atoms with Gasteiger partial charge in [-0.3, -0.25) is 0 Å². The van der Waals surface area contributed by atoms with Crippen LogP contribution in [-0.2, 0) is 0 Å². The number of carboxylic acids is 1. The van der Waals surface area contributed by atoms with Crippen molar-refractivity contribution in [2.75, 3.05) is 11.9 Å². The van der Waals surface area contributed by atoms with E-state index in [-0.39, 0.29) is 5.69 Å². The zero-order chi connectivity index (χ0) is 12.3. The Morgan fingerprint density at radius 1 is 1.65 bits per heavy atom. The van der Waals surface area contributed by atoms with Crippen LogP contribution in [0.2, 0.25) is 0 Å². The topological polar surface area (TPSA) is 62.2 Å². The molecule has 4 nitrogen and oxygen atoms in total. The van der Waals surface area contributed by atoms with E-state index in [9.17, 15) is 4.79 Å². The predicted octanol–water partition coefficient (Wildman–Crippen LogP) is 3.08. The van der Waals surface area contributed by atoms with E-state index in [1.807, 2.05) is 0 Å². The highest BCUT2D eigenvalue weighted by molar-refractivity contribution is 7.14. The van der Waals surface area contributed by atoms with E-state index < -0.39 is 5.97 Å². The molecule has 1 aromatic rings. The van der Waals surface area contributed by atoms with Crippen molar-refractivity contribution in [1.29, 1.82) is 0 Å². The minimum atomic E-state index is -0.953. The molecule has 0 saturated heterocycles. The molecular formula is C12H18N2O2S. The standard InChI is InChI=1S/C12H18N2O2S/c1-8-3-2-4-9(5-8)6-13-11-10(12(15)16)14-7-17-11/h7-9,13H,2-6H2,1H3,(H,15,16). The Kier molecular flexibility index (Phi) is 3.99. The van der Waals surface area contributed by atoms with Crippen molar-refractivity contribution < 1.29 is 9.90 Å². The van der Waals surface area contributed by atoms with Gasteiger partial charge in [0.05, 0.1) is 5.51 Å². The van der Waals surface area contributed by atoms with Crippen LogP contribution in [0.25, 0.3) is 0 Å². The molecule has 2 unspecified atom stereocenters. The summed E-state index contributed by atoms with van der Waals surface area (Å²) in [5.74, 6) is 0.518. The van der Waals surface area contributed by atoms with Crippen molar-refractivity contribution in [3.05, 3.63) is 11.2 Å². The number of hydrogen-bond acceptors (Lipinski definition) is 4. The van der Waals surface area contributed by atoms with Gasteiger partial charge in [-0.2, -0.15) is 0 Å². The fourth-order valence-electron chi connectivity index (χ4n) is 2.51. The lowest BCUT2D eigenvalue weighted by Gasteiger charge is -2.26. The molecule has 1 heterocycles. The number of nitrogens with one attached hydrogen (secondary N) is 1. The van der Waals surface area contributed by atoms with Crippen LogP contribution >= 0.6 is 11.3 Å². The second kappa shape index (κ2) is 5.49. The van der Waals surface area contributed by atoms with Crippen molar-refractivity contribution >= 4 is 22.3 Å². The molecule has 0 radical (unpaired) electrons. The molecule has 0 spiro atoms. The maximum absolute atomic E-state index is 10.9. The first-order valence-electron chi connectivity index (χ1n) is 6.07. The molecule has 0 aromatic carbocycles. The zero-order valence-electron chi connectivity index (χ0n) is 9.98. The highest BCUT2D eigenvalue weighted by Gasteiger charge is 2.20. The largest absolute Gasteiger partial charge is 0.476 e. The van der Waals surface area contributed by atoms with E-state index in [0.717, 1.165) is 12.5 Å². The van der Waals surface area contributed by atoms with Gasteiger partial charge < -0.3 is 10.4 Å². The molecule has 1 aliphatic carbocycles. The van der Waals surface area contributed by atoms with Gasteiger partial charge in [0.1, 0.15) is 5.00 Å². The van der Waals surface area contributed by atoms with Gasteiger partial charge in [-0.25, -0.2) is 9.78 Å². The summed E-state index contributed by atoms with van der Waals surface area (Å²) in [5.41, 5.74) is 1.73. The Labute approximate surface area is 105 Å². The molecule has 94 valence electrons.